The molecule has 0 saturated heterocycles. The van der Waals surface area contributed by atoms with Crippen LogP contribution in [0.2, 0.25) is 0 Å². The van der Waals surface area contributed by atoms with Gasteiger partial charge in [0.25, 0.3) is 0 Å². The molecule has 106 valence electrons. The van der Waals surface area contributed by atoms with Gasteiger partial charge in [-0.1, -0.05) is 25.1 Å². The molecule has 2 rings (SSSR count). The Balaban J connectivity index is 2.18. The molecular formula is C17H21NO2. The van der Waals surface area contributed by atoms with Crippen LogP contribution < -0.4 is 15.2 Å². The second kappa shape index (κ2) is 6.44. The van der Waals surface area contributed by atoms with E-state index in [4.69, 9.17) is 15.2 Å². The van der Waals surface area contributed by atoms with E-state index in [1.165, 1.54) is 0 Å². The van der Waals surface area contributed by atoms with E-state index in [-0.39, 0.29) is 6.04 Å². The Morgan fingerprint density at radius 2 is 1.75 bits per heavy atom. The van der Waals surface area contributed by atoms with E-state index in [9.17, 15) is 0 Å². The second-order valence-corrected chi connectivity index (χ2v) is 4.84. The van der Waals surface area contributed by atoms with Gasteiger partial charge in [0.2, 0.25) is 0 Å². The average Bonchev–Trinajstić information content (AvgIpc) is 2.49. The van der Waals surface area contributed by atoms with Gasteiger partial charge < -0.3 is 15.2 Å². The summed E-state index contributed by atoms with van der Waals surface area (Å²) in [6.45, 7) is 4.10. The molecule has 1 atom stereocenters. The van der Waals surface area contributed by atoms with Gasteiger partial charge in [-0.25, -0.2) is 0 Å². The van der Waals surface area contributed by atoms with Crippen molar-refractivity contribution in [2.75, 3.05) is 7.11 Å². The standard InChI is InChI=1S/C17H21NO2/c1-4-15(18)13-6-8-14(9-7-13)20-16-10-5-12(2)11-17(16)19-3/h5-11,15H,4,18H2,1-3H3. The molecule has 0 saturated carbocycles. The van der Waals surface area contributed by atoms with Crippen LogP contribution >= 0.6 is 0 Å². The SMILES string of the molecule is CCC(N)c1ccc(Oc2ccc(C)cc2OC)cc1. The summed E-state index contributed by atoms with van der Waals surface area (Å²) >= 11 is 0. The third kappa shape index (κ3) is 3.31. The molecule has 0 amide bonds. The van der Waals surface area contributed by atoms with E-state index in [0.29, 0.717) is 5.75 Å². The molecular weight excluding hydrogens is 250 g/mol. The zero-order valence-corrected chi connectivity index (χ0v) is 12.2. The van der Waals surface area contributed by atoms with Crippen LogP contribution in [0, 0.1) is 6.92 Å². The van der Waals surface area contributed by atoms with Gasteiger partial charge in [0.1, 0.15) is 5.75 Å². The Labute approximate surface area is 120 Å². The third-order valence-corrected chi connectivity index (χ3v) is 3.30. The fraction of sp³-hybridized carbons (Fsp3) is 0.294. The van der Waals surface area contributed by atoms with E-state index < -0.39 is 0 Å². The average molecular weight is 271 g/mol. The van der Waals surface area contributed by atoms with Crippen molar-refractivity contribution in [1.82, 2.24) is 0 Å². The lowest BCUT2D eigenvalue weighted by molar-refractivity contribution is 0.378. The molecule has 1 unspecified atom stereocenters. The lowest BCUT2D eigenvalue weighted by atomic mass is 10.1. The number of hydrogen-bond acceptors (Lipinski definition) is 3. The van der Waals surface area contributed by atoms with Gasteiger partial charge in [-0.15, -0.1) is 0 Å². The first-order valence-electron chi connectivity index (χ1n) is 6.82. The highest BCUT2D eigenvalue weighted by Crippen LogP contribution is 2.32. The van der Waals surface area contributed by atoms with Gasteiger partial charge in [-0.3, -0.25) is 0 Å². The van der Waals surface area contributed by atoms with Gasteiger partial charge in [0.15, 0.2) is 11.5 Å². The van der Waals surface area contributed by atoms with Gasteiger partial charge in [-0.05, 0) is 48.7 Å². The number of aryl methyl sites for hydroxylation is 1. The number of methoxy groups -OCH3 is 1. The van der Waals surface area contributed by atoms with Crippen LogP contribution in [0.5, 0.6) is 17.2 Å². The zero-order chi connectivity index (χ0) is 14.5. The molecule has 0 heterocycles. The quantitative estimate of drug-likeness (QED) is 0.886. The lowest BCUT2D eigenvalue weighted by Gasteiger charge is -2.13. The van der Waals surface area contributed by atoms with Gasteiger partial charge in [0, 0.05) is 6.04 Å². The summed E-state index contributed by atoms with van der Waals surface area (Å²) in [7, 11) is 1.64. The molecule has 20 heavy (non-hydrogen) atoms. The van der Waals surface area contributed by atoms with E-state index in [1.54, 1.807) is 7.11 Å². The van der Waals surface area contributed by atoms with Crippen molar-refractivity contribution < 1.29 is 9.47 Å². The van der Waals surface area contributed by atoms with Gasteiger partial charge >= 0.3 is 0 Å². The van der Waals surface area contributed by atoms with Crippen molar-refractivity contribution in [1.29, 1.82) is 0 Å². The summed E-state index contributed by atoms with van der Waals surface area (Å²) in [5.74, 6) is 2.23. The van der Waals surface area contributed by atoms with Crippen LogP contribution in [0.25, 0.3) is 0 Å². The maximum Gasteiger partial charge on any atom is 0.169 e. The summed E-state index contributed by atoms with van der Waals surface area (Å²) in [6.07, 6.45) is 0.923. The zero-order valence-electron chi connectivity index (χ0n) is 12.2. The van der Waals surface area contributed by atoms with Crippen LogP contribution in [0.1, 0.15) is 30.5 Å². The molecule has 2 aromatic rings. The third-order valence-electron chi connectivity index (χ3n) is 3.30. The van der Waals surface area contributed by atoms with Crippen molar-refractivity contribution in [2.45, 2.75) is 26.3 Å². The normalized spacial score (nSPS) is 12.0. The van der Waals surface area contributed by atoms with Crippen molar-refractivity contribution in [3.05, 3.63) is 53.6 Å². The Morgan fingerprint density at radius 3 is 2.35 bits per heavy atom. The molecule has 3 heteroatoms. The van der Waals surface area contributed by atoms with Crippen molar-refractivity contribution >= 4 is 0 Å². The molecule has 0 aliphatic heterocycles. The summed E-state index contributed by atoms with van der Waals surface area (Å²) in [5, 5.41) is 0. The molecule has 0 fully saturated rings. The Morgan fingerprint density at radius 1 is 1.05 bits per heavy atom. The van der Waals surface area contributed by atoms with Gasteiger partial charge in [-0.2, -0.15) is 0 Å². The summed E-state index contributed by atoms with van der Waals surface area (Å²) in [4.78, 5) is 0. The minimum absolute atomic E-state index is 0.0814. The van der Waals surface area contributed by atoms with Crippen LogP contribution in [-0.2, 0) is 0 Å². The molecule has 0 aliphatic rings. The minimum atomic E-state index is 0.0814. The van der Waals surface area contributed by atoms with E-state index >= 15 is 0 Å². The molecule has 2 aromatic carbocycles. The molecule has 0 aromatic heterocycles. The largest absolute Gasteiger partial charge is 0.493 e. The summed E-state index contributed by atoms with van der Waals surface area (Å²) in [5.41, 5.74) is 8.26. The molecule has 0 aliphatic carbocycles. The summed E-state index contributed by atoms with van der Waals surface area (Å²) in [6, 6.07) is 13.8. The number of nitrogens with two attached hydrogens (primary N) is 1. The number of ether oxygens (including phenoxy) is 2. The summed E-state index contributed by atoms with van der Waals surface area (Å²) < 4.78 is 11.2. The minimum Gasteiger partial charge on any atom is -0.493 e. The van der Waals surface area contributed by atoms with Crippen LogP contribution in [0.15, 0.2) is 42.5 Å². The molecule has 0 radical (unpaired) electrons. The van der Waals surface area contributed by atoms with E-state index in [0.717, 1.165) is 29.0 Å². The first-order chi connectivity index (χ1) is 9.63. The monoisotopic (exact) mass is 271 g/mol. The van der Waals surface area contributed by atoms with Gasteiger partial charge in [0.05, 0.1) is 7.11 Å². The predicted octanol–water partition coefficient (Wildman–Crippen LogP) is 4.21. The highest BCUT2D eigenvalue weighted by Gasteiger charge is 2.07. The van der Waals surface area contributed by atoms with E-state index in [2.05, 4.69) is 6.92 Å². The van der Waals surface area contributed by atoms with Crippen LogP contribution in [0.3, 0.4) is 0 Å². The smallest absolute Gasteiger partial charge is 0.169 e. The number of rotatable bonds is 5. The highest BCUT2D eigenvalue weighted by molar-refractivity contribution is 5.45. The molecule has 0 bridgehead atoms. The first kappa shape index (κ1) is 14.4. The molecule has 0 spiro atoms. The Bertz CT molecular complexity index is 564. The predicted molar refractivity (Wildman–Crippen MR) is 81.5 cm³/mol. The van der Waals surface area contributed by atoms with E-state index in [1.807, 2.05) is 49.4 Å². The Kier molecular flexibility index (Phi) is 4.64. The van der Waals surface area contributed by atoms with Crippen molar-refractivity contribution in [3.63, 3.8) is 0 Å². The highest BCUT2D eigenvalue weighted by atomic mass is 16.5. The maximum absolute atomic E-state index is 6.00. The van der Waals surface area contributed by atoms with Crippen molar-refractivity contribution in [2.24, 2.45) is 5.73 Å². The molecule has 3 nitrogen and oxygen atoms in total. The van der Waals surface area contributed by atoms with Crippen LogP contribution in [0.4, 0.5) is 0 Å². The fourth-order valence-corrected chi connectivity index (χ4v) is 2.00. The lowest BCUT2D eigenvalue weighted by Crippen LogP contribution is -2.08. The second-order valence-electron chi connectivity index (χ2n) is 4.84. The number of benzene rings is 2. The number of hydrogen-bond donors (Lipinski definition) is 1. The molecule has 2 N–H and O–H groups in total. The Hall–Kier alpha value is -2.00. The first-order valence-corrected chi connectivity index (χ1v) is 6.82. The maximum atomic E-state index is 6.00. The van der Waals surface area contributed by atoms with Crippen molar-refractivity contribution in [3.8, 4) is 17.2 Å². The topological polar surface area (TPSA) is 44.5 Å². The fourth-order valence-electron chi connectivity index (χ4n) is 2.00. The van der Waals surface area contributed by atoms with Crippen LogP contribution in [-0.4, -0.2) is 7.11 Å².